The van der Waals surface area contributed by atoms with Gasteiger partial charge in [0, 0.05) is 20.6 Å². The summed E-state index contributed by atoms with van der Waals surface area (Å²) in [6, 6.07) is 12.4. The van der Waals surface area contributed by atoms with E-state index in [-0.39, 0.29) is 0 Å². The highest BCUT2D eigenvalue weighted by molar-refractivity contribution is 14.1. The fraction of sp³-hybridized carbons (Fsp3) is 0.143. The van der Waals surface area contributed by atoms with Gasteiger partial charge in [0.15, 0.2) is 0 Å². The third-order valence-corrected chi connectivity index (χ3v) is 3.25. The van der Waals surface area contributed by atoms with Crippen molar-refractivity contribution in [2.75, 3.05) is 11.1 Å². The normalized spacial score (nSPS) is 10.3. The molecule has 2 nitrogen and oxygen atoms in total. The number of hydrogen-bond donors (Lipinski definition) is 2. The molecule has 88 valence electrons. The molecule has 0 aliphatic carbocycles. The lowest BCUT2D eigenvalue weighted by atomic mass is 10.1. The molecule has 0 radical (unpaired) electrons. The quantitative estimate of drug-likeness (QED) is 0.635. The minimum Gasteiger partial charge on any atom is -0.399 e. The number of benzene rings is 2. The number of hydrogen-bond acceptors (Lipinski definition) is 2. The zero-order chi connectivity index (χ0) is 12.4. The lowest BCUT2D eigenvalue weighted by molar-refractivity contribution is 1.40. The van der Waals surface area contributed by atoms with Gasteiger partial charge in [-0.15, -0.1) is 0 Å². The van der Waals surface area contributed by atoms with Crippen LogP contribution in [0.15, 0.2) is 36.4 Å². The van der Waals surface area contributed by atoms with E-state index < -0.39 is 0 Å². The summed E-state index contributed by atoms with van der Waals surface area (Å²) in [5.41, 5.74) is 11.2. The highest BCUT2D eigenvalue weighted by Gasteiger charge is 2.01. The Bertz CT molecular complexity index is 530. The van der Waals surface area contributed by atoms with Gasteiger partial charge in [-0.2, -0.15) is 0 Å². The Morgan fingerprint density at radius 2 is 1.82 bits per heavy atom. The van der Waals surface area contributed by atoms with E-state index in [1.807, 2.05) is 19.1 Å². The van der Waals surface area contributed by atoms with E-state index in [0.29, 0.717) is 0 Å². The third kappa shape index (κ3) is 3.12. The molecule has 0 unspecified atom stereocenters. The van der Waals surface area contributed by atoms with E-state index in [2.05, 4.69) is 59.1 Å². The number of anilines is 3. The molecule has 17 heavy (non-hydrogen) atoms. The Hall–Kier alpha value is -1.23. The second-order valence-electron chi connectivity index (χ2n) is 4.22. The molecule has 0 aromatic heterocycles. The van der Waals surface area contributed by atoms with Gasteiger partial charge in [-0.1, -0.05) is 6.07 Å². The average molecular weight is 338 g/mol. The first-order chi connectivity index (χ1) is 8.04. The van der Waals surface area contributed by atoms with E-state index in [0.717, 1.165) is 22.6 Å². The molecule has 0 heterocycles. The van der Waals surface area contributed by atoms with E-state index in [1.54, 1.807) is 0 Å². The predicted molar refractivity (Wildman–Crippen MR) is 82.8 cm³/mol. The van der Waals surface area contributed by atoms with Crippen LogP contribution < -0.4 is 11.1 Å². The van der Waals surface area contributed by atoms with Crippen molar-refractivity contribution < 1.29 is 0 Å². The van der Waals surface area contributed by atoms with Crippen LogP contribution in [0.5, 0.6) is 0 Å². The summed E-state index contributed by atoms with van der Waals surface area (Å²) in [5, 5.41) is 3.41. The van der Waals surface area contributed by atoms with E-state index in [4.69, 9.17) is 5.73 Å². The Morgan fingerprint density at radius 1 is 1.06 bits per heavy atom. The molecule has 2 aromatic rings. The van der Waals surface area contributed by atoms with Crippen LogP contribution in [0.4, 0.5) is 17.1 Å². The molecule has 0 bridgehead atoms. The van der Waals surface area contributed by atoms with E-state index >= 15 is 0 Å². The molecule has 0 aliphatic heterocycles. The number of rotatable bonds is 2. The molecule has 0 amide bonds. The van der Waals surface area contributed by atoms with Crippen LogP contribution in [0.2, 0.25) is 0 Å². The SMILES string of the molecule is Cc1cc(N)cc(Nc2cc(I)ccc2C)c1. The second kappa shape index (κ2) is 4.96. The standard InChI is InChI=1S/C14H15IN2/c1-9-5-12(16)8-13(6-9)17-14-7-11(15)4-3-10(14)2/h3-8,17H,16H2,1-2H3. The van der Waals surface area contributed by atoms with Crippen molar-refractivity contribution >= 4 is 39.7 Å². The number of nitrogens with one attached hydrogen (secondary N) is 1. The maximum Gasteiger partial charge on any atom is 0.0424 e. The molecule has 3 heteroatoms. The Kier molecular flexibility index (Phi) is 3.57. The number of halogens is 1. The molecular weight excluding hydrogens is 323 g/mol. The molecule has 2 rings (SSSR count). The lowest BCUT2D eigenvalue weighted by Crippen LogP contribution is -1.96. The molecule has 0 saturated heterocycles. The van der Waals surface area contributed by atoms with Gasteiger partial charge in [0.05, 0.1) is 0 Å². The highest BCUT2D eigenvalue weighted by atomic mass is 127. The second-order valence-corrected chi connectivity index (χ2v) is 5.46. The summed E-state index contributed by atoms with van der Waals surface area (Å²) in [7, 11) is 0. The number of nitrogens with two attached hydrogens (primary N) is 1. The monoisotopic (exact) mass is 338 g/mol. The van der Waals surface area contributed by atoms with Gasteiger partial charge in [0.2, 0.25) is 0 Å². The van der Waals surface area contributed by atoms with Crippen molar-refractivity contribution in [3.63, 3.8) is 0 Å². The van der Waals surface area contributed by atoms with Crippen LogP contribution in [-0.2, 0) is 0 Å². The minimum atomic E-state index is 0.788. The Balaban J connectivity index is 2.34. The predicted octanol–water partition coefficient (Wildman–Crippen LogP) is 4.23. The molecule has 0 aliphatic rings. The molecular formula is C14H15IN2. The summed E-state index contributed by atoms with van der Waals surface area (Å²) in [6.45, 7) is 4.14. The van der Waals surface area contributed by atoms with Crippen LogP contribution in [0.1, 0.15) is 11.1 Å². The fourth-order valence-electron chi connectivity index (χ4n) is 1.77. The van der Waals surface area contributed by atoms with Gasteiger partial charge in [0.25, 0.3) is 0 Å². The van der Waals surface area contributed by atoms with Crippen LogP contribution in [-0.4, -0.2) is 0 Å². The molecule has 3 N–H and O–H groups in total. The largest absolute Gasteiger partial charge is 0.399 e. The summed E-state index contributed by atoms with van der Waals surface area (Å²) in [6.07, 6.45) is 0. The van der Waals surface area contributed by atoms with Crippen molar-refractivity contribution in [3.8, 4) is 0 Å². The fourth-order valence-corrected chi connectivity index (χ4v) is 2.26. The maximum absolute atomic E-state index is 5.84. The van der Waals surface area contributed by atoms with Crippen LogP contribution in [0.3, 0.4) is 0 Å². The maximum atomic E-state index is 5.84. The first-order valence-corrected chi connectivity index (χ1v) is 6.53. The Morgan fingerprint density at radius 3 is 2.53 bits per heavy atom. The van der Waals surface area contributed by atoms with Crippen LogP contribution in [0, 0.1) is 17.4 Å². The van der Waals surface area contributed by atoms with Gasteiger partial charge in [-0.3, -0.25) is 0 Å². The van der Waals surface area contributed by atoms with Gasteiger partial charge in [0.1, 0.15) is 0 Å². The van der Waals surface area contributed by atoms with Crippen molar-refractivity contribution in [1.82, 2.24) is 0 Å². The summed E-state index contributed by atoms with van der Waals surface area (Å²) >= 11 is 2.31. The van der Waals surface area contributed by atoms with Crippen LogP contribution in [0.25, 0.3) is 0 Å². The summed E-state index contributed by atoms with van der Waals surface area (Å²) in [5.74, 6) is 0. The first-order valence-electron chi connectivity index (χ1n) is 5.45. The van der Waals surface area contributed by atoms with Gasteiger partial charge >= 0.3 is 0 Å². The zero-order valence-corrected chi connectivity index (χ0v) is 12.1. The third-order valence-electron chi connectivity index (χ3n) is 2.58. The van der Waals surface area contributed by atoms with Crippen molar-refractivity contribution in [2.24, 2.45) is 0 Å². The van der Waals surface area contributed by atoms with Crippen molar-refractivity contribution in [1.29, 1.82) is 0 Å². The van der Waals surface area contributed by atoms with E-state index in [1.165, 1.54) is 9.13 Å². The van der Waals surface area contributed by atoms with E-state index in [9.17, 15) is 0 Å². The van der Waals surface area contributed by atoms with Gasteiger partial charge < -0.3 is 11.1 Å². The van der Waals surface area contributed by atoms with Gasteiger partial charge in [-0.25, -0.2) is 0 Å². The lowest BCUT2D eigenvalue weighted by Gasteiger charge is -2.11. The number of nitrogen functional groups attached to an aromatic ring is 1. The molecule has 0 saturated carbocycles. The summed E-state index contributed by atoms with van der Waals surface area (Å²) in [4.78, 5) is 0. The smallest absolute Gasteiger partial charge is 0.0424 e. The Labute approximate surface area is 115 Å². The molecule has 0 atom stereocenters. The highest BCUT2D eigenvalue weighted by Crippen LogP contribution is 2.24. The zero-order valence-electron chi connectivity index (χ0n) is 9.92. The number of aryl methyl sites for hydroxylation is 2. The topological polar surface area (TPSA) is 38.0 Å². The van der Waals surface area contributed by atoms with Crippen molar-refractivity contribution in [2.45, 2.75) is 13.8 Å². The van der Waals surface area contributed by atoms with Crippen molar-refractivity contribution in [3.05, 3.63) is 51.1 Å². The summed E-state index contributed by atoms with van der Waals surface area (Å²) < 4.78 is 1.22. The first kappa shape index (κ1) is 12.2. The van der Waals surface area contributed by atoms with Crippen LogP contribution >= 0.6 is 22.6 Å². The molecule has 0 spiro atoms. The minimum absolute atomic E-state index is 0.788. The average Bonchev–Trinajstić information content (AvgIpc) is 2.22. The van der Waals surface area contributed by atoms with Gasteiger partial charge in [-0.05, 0) is 77.9 Å². The molecule has 0 fully saturated rings. The molecule has 2 aromatic carbocycles.